The van der Waals surface area contributed by atoms with Gasteiger partial charge in [-0.05, 0) is 40.1 Å². The molecule has 0 unspecified atom stereocenters. The number of nitrogens with one attached hydrogen (secondary N) is 1. The van der Waals surface area contributed by atoms with Gasteiger partial charge in [-0.2, -0.15) is 4.68 Å². The second-order valence-electron chi connectivity index (χ2n) is 5.11. The van der Waals surface area contributed by atoms with Gasteiger partial charge >= 0.3 is 0 Å². The second-order valence-corrected chi connectivity index (χ2v) is 6.46. The quantitative estimate of drug-likeness (QED) is 0.736. The van der Waals surface area contributed by atoms with E-state index in [2.05, 4.69) is 20.8 Å². The van der Waals surface area contributed by atoms with E-state index in [1.165, 1.54) is 27.2 Å². The molecule has 0 bridgehead atoms. The molecule has 3 rings (SSSR count). The number of hydrogen-bond donors (Lipinski definition) is 1. The zero-order chi connectivity index (χ0) is 17.8. The Kier molecular flexibility index (Phi) is 5.05. The number of benzene rings is 1. The summed E-state index contributed by atoms with van der Waals surface area (Å²) in [5.74, 6) is -0.611. The fourth-order valence-corrected chi connectivity index (χ4v) is 3.20. The average Bonchev–Trinajstić information content (AvgIpc) is 3.25. The van der Waals surface area contributed by atoms with Crippen LogP contribution in [-0.2, 0) is 4.79 Å². The molecule has 0 atom stereocenters. The van der Waals surface area contributed by atoms with Crippen molar-refractivity contribution in [2.24, 2.45) is 0 Å². The summed E-state index contributed by atoms with van der Waals surface area (Å²) in [4.78, 5) is 26.5. The van der Waals surface area contributed by atoms with Gasteiger partial charge in [0.05, 0.1) is 12.2 Å². The van der Waals surface area contributed by atoms with Gasteiger partial charge < -0.3 is 10.2 Å². The molecule has 0 fully saturated rings. The van der Waals surface area contributed by atoms with Crippen molar-refractivity contribution >= 4 is 40.4 Å². The Balaban J connectivity index is 1.67. The molecule has 0 aliphatic carbocycles. The predicted molar refractivity (Wildman–Crippen MR) is 94.1 cm³/mol. The molecule has 10 heteroatoms. The Morgan fingerprint density at radius 2 is 2.20 bits per heavy atom. The number of thiophene rings is 1. The third kappa shape index (κ3) is 4.01. The van der Waals surface area contributed by atoms with Crippen LogP contribution in [0.15, 0.2) is 42.0 Å². The number of amides is 2. The molecule has 0 aliphatic rings. The Bertz CT molecular complexity index is 895. The average molecular weight is 377 g/mol. The van der Waals surface area contributed by atoms with Crippen LogP contribution >= 0.6 is 22.9 Å². The lowest BCUT2D eigenvalue weighted by Gasteiger charge is -2.16. The molecule has 2 amide bonds. The maximum absolute atomic E-state index is 12.6. The number of likely N-dealkylation sites (N-methyl/N-ethyl adjacent to an activating group) is 1. The first-order valence-electron chi connectivity index (χ1n) is 7.16. The van der Waals surface area contributed by atoms with Crippen molar-refractivity contribution in [2.75, 3.05) is 18.9 Å². The lowest BCUT2D eigenvalue weighted by atomic mass is 10.3. The minimum absolute atomic E-state index is 0.0989. The molecule has 0 spiro atoms. The van der Waals surface area contributed by atoms with Gasteiger partial charge in [0.1, 0.15) is 11.2 Å². The van der Waals surface area contributed by atoms with Gasteiger partial charge in [-0.15, -0.1) is 16.4 Å². The second kappa shape index (κ2) is 7.41. The Labute approximate surface area is 152 Å². The van der Waals surface area contributed by atoms with Gasteiger partial charge in [-0.25, -0.2) is 0 Å². The third-order valence-corrected chi connectivity index (χ3v) is 4.40. The first-order valence-corrected chi connectivity index (χ1v) is 8.42. The first kappa shape index (κ1) is 17.1. The summed E-state index contributed by atoms with van der Waals surface area (Å²) in [5, 5.41) is 15.9. The highest BCUT2D eigenvalue weighted by Crippen LogP contribution is 2.21. The van der Waals surface area contributed by atoms with Crippen LogP contribution in [0.5, 0.6) is 0 Å². The van der Waals surface area contributed by atoms with Gasteiger partial charge in [-0.1, -0.05) is 17.7 Å². The van der Waals surface area contributed by atoms with Crippen molar-refractivity contribution in [1.82, 2.24) is 25.1 Å². The largest absolute Gasteiger partial charge is 0.332 e. The van der Waals surface area contributed by atoms with Gasteiger partial charge in [-0.3, -0.25) is 9.59 Å². The van der Waals surface area contributed by atoms with E-state index < -0.39 is 0 Å². The van der Waals surface area contributed by atoms with Crippen molar-refractivity contribution < 1.29 is 9.59 Å². The van der Waals surface area contributed by atoms with Crippen LogP contribution < -0.4 is 5.32 Å². The Morgan fingerprint density at radius 1 is 1.36 bits per heavy atom. The summed E-state index contributed by atoms with van der Waals surface area (Å²) in [6.07, 6.45) is 1.41. The molecule has 3 aromatic rings. The van der Waals surface area contributed by atoms with Crippen molar-refractivity contribution in [3.05, 3.63) is 51.9 Å². The Morgan fingerprint density at radius 3 is 2.92 bits per heavy atom. The van der Waals surface area contributed by atoms with E-state index >= 15 is 0 Å². The van der Waals surface area contributed by atoms with Crippen LogP contribution in [0.1, 0.15) is 9.67 Å². The van der Waals surface area contributed by atoms with E-state index in [1.54, 1.807) is 42.8 Å². The van der Waals surface area contributed by atoms with Crippen LogP contribution in [0, 0.1) is 0 Å². The maximum atomic E-state index is 12.6. The zero-order valence-electron chi connectivity index (χ0n) is 13.1. The van der Waals surface area contributed by atoms with Gasteiger partial charge in [0, 0.05) is 17.8 Å². The number of carbonyl (C=O) groups is 2. The van der Waals surface area contributed by atoms with E-state index in [4.69, 9.17) is 11.6 Å². The number of carbonyl (C=O) groups excluding carboxylic acids is 2. The Hall–Kier alpha value is -2.78. The summed E-state index contributed by atoms with van der Waals surface area (Å²) in [6, 6.07) is 8.55. The maximum Gasteiger partial charge on any atom is 0.266 e. The predicted octanol–water partition coefficient (Wildman–Crippen LogP) is 2.09. The number of rotatable bonds is 5. The minimum atomic E-state index is -0.321. The molecule has 0 saturated heterocycles. The van der Waals surface area contributed by atoms with Gasteiger partial charge in [0.25, 0.3) is 5.91 Å². The number of halogens is 1. The monoisotopic (exact) mass is 376 g/mol. The van der Waals surface area contributed by atoms with Crippen LogP contribution in [0.3, 0.4) is 0 Å². The van der Waals surface area contributed by atoms with Gasteiger partial charge in [0.15, 0.2) is 0 Å². The summed E-state index contributed by atoms with van der Waals surface area (Å²) in [7, 11) is 1.56. The topological polar surface area (TPSA) is 93.0 Å². The zero-order valence-corrected chi connectivity index (χ0v) is 14.7. The fraction of sp³-hybridized carbons (Fsp3) is 0.133. The van der Waals surface area contributed by atoms with E-state index in [0.29, 0.717) is 21.3 Å². The molecule has 1 N–H and O–H groups in total. The fourth-order valence-electron chi connectivity index (χ4n) is 2.14. The van der Waals surface area contributed by atoms with E-state index in [1.807, 2.05) is 0 Å². The normalized spacial score (nSPS) is 10.5. The lowest BCUT2D eigenvalue weighted by Crippen LogP contribution is -2.35. The van der Waals surface area contributed by atoms with Crippen molar-refractivity contribution in [3.8, 4) is 5.69 Å². The number of tetrazole rings is 1. The van der Waals surface area contributed by atoms with Crippen LogP contribution in [0.25, 0.3) is 5.69 Å². The highest BCUT2D eigenvalue weighted by Gasteiger charge is 2.21. The molecule has 1 aromatic carbocycles. The summed E-state index contributed by atoms with van der Waals surface area (Å²) < 4.78 is 1.41. The summed E-state index contributed by atoms with van der Waals surface area (Å²) in [6.45, 7) is -0.0989. The number of anilines is 1. The van der Waals surface area contributed by atoms with Crippen LogP contribution in [0.2, 0.25) is 5.02 Å². The highest BCUT2D eigenvalue weighted by atomic mass is 35.5. The minimum Gasteiger partial charge on any atom is -0.332 e. The van der Waals surface area contributed by atoms with E-state index in [-0.39, 0.29) is 18.4 Å². The molecular formula is C15H13ClN6O2S. The molecule has 0 saturated carbocycles. The smallest absolute Gasteiger partial charge is 0.266 e. The first-order chi connectivity index (χ1) is 12.0. The molecule has 25 heavy (non-hydrogen) atoms. The number of aromatic nitrogens is 4. The summed E-state index contributed by atoms with van der Waals surface area (Å²) >= 11 is 7.15. The van der Waals surface area contributed by atoms with E-state index in [0.717, 1.165) is 0 Å². The number of nitrogens with zero attached hydrogens (tertiary/aromatic N) is 5. The molecule has 8 nitrogen and oxygen atoms in total. The molecule has 2 heterocycles. The molecular weight excluding hydrogens is 364 g/mol. The highest BCUT2D eigenvalue weighted by molar-refractivity contribution is 7.12. The molecule has 0 aliphatic heterocycles. The van der Waals surface area contributed by atoms with Crippen LogP contribution in [0.4, 0.5) is 5.69 Å². The number of hydrogen-bond acceptors (Lipinski definition) is 6. The molecule has 2 aromatic heterocycles. The SMILES string of the molecule is CN(CC(=O)Nc1cccc(Cl)c1)C(=O)c1sccc1-n1cnnn1. The van der Waals surface area contributed by atoms with Gasteiger partial charge in [0.2, 0.25) is 5.91 Å². The van der Waals surface area contributed by atoms with Crippen molar-refractivity contribution in [1.29, 1.82) is 0 Å². The molecule has 128 valence electrons. The van der Waals surface area contributed by atoms with Crippen molar-refractivity contribution in [3.63, 3.8) is 0 Å². The summed E-state index contributed by atoms with van der Waals surface area (Å²) in [5.41, 5.74) is 1.14. The lowest BCUT2D eigenvalue weighted by molar-refractivity contribution is -0.116. The van der Waals surface area contributed by atoms with Crippen LogP contribution in [-0.4, -0.2) is 50.5 Å². The standard InChI is InChI=1S/C15H13ClN6O2S/c1-21(8-13(23)18-11-4-2-3-10(16)7-11)15(24)14-12(5-6-25-14)22-9-17-19-20-22/h2-7,9H,8H2,1H3,(H,18,23). The molecule has 0 radical (unpaired) electrons. The van der Waals surface area contributed by atoms with Crippen molar-refractivity contribution in [2.45, 2.75) is 0 Å². The third-order valence-electron chi connectivity index (χ3n) is 3.27. The van der Waals surface area contributed by atoms with E-state index in [9.17, 15) is 9.59 Å².